The topological polar surface area (TPSA) is 58.5 Å². The van der Waals surface area contributed by atoms with E-state index in [2.05, 4.69) is 54.7 Å². The average Bonchev–Trinajstić information content (AvgIpc) is 2.12. The Hall–Kier alpha value is -0.203. The van der Waals surface area contributed by atoms with E-state index in [0.29, 0.717) is 0 Å². The van der Waals surface area contributed by atoms with Crippen LogP contribution in [0.3, 0.4) is 0 Å². The second-order valence-corrected chi connectivity index (χ2v) is 10.6. The van der Waals surface area contributed by atoms with Crippen LogP contribution in [-0.4, -0.2) is 28.8 Å². The van der Waals surface area contributed by atoms with Crippen molar-refractivity contribution in [3.8, 4) is 0 Å². The van der Waals surface area contributed by atoms with Crippen molar-refractivity contribution in [2.45, 2.75) is 65.2 Å². The third kappa shape index (κ3) is 3.89. The Morgan fingerprint density at radius 2 is 1.29 bits per heavy atom. The van der Waals surface area contributed by atoms with Crippen molar-refractivity contribution in [2.75, 3.05) is 0 Å². The maximum Gasteiger partial charge on any atom is 0.235 e. The van der Waals surface area contributed by atoms with E-state index >= 15 is 0 Å². The van der Waals surface area contributed by atoms with Gasteiger partial charge in [-0.2, -0.15) is 0 Å². The summed E-state index contributed by atoms with van der Waals surface area (Å²) >= 11 is 0. The molecule has 0 aliphatic heterocycles. The third-order valence-electron chi connectivity index (χ3n) is 3.01. The summed E-state index contributed by atoms with van der Waals surface area (Å²) in [4.78, 5) is 0. The van der Waals surface area contributed by atoms with Gasteiger partial charge in [0.05, 0.1) is 0 Å². The summed E-state index contributed by atoms with van der Waals surface area (Å²) in [6.07, 6.45) is 1.92. The van der Waals surface area contributed by atoms with E-state index in [1.165, 1.54) is 0 Å². The standard InChI is InChI=1S/C12H30N4Si/c1-9-10-17(8,15(13)11(2,3)4)16(14)12(5,6)7/h9H,1,10,13-14H2,2-8H3. The summed E-state index contributed by atoms with van der Waals surface area (Å²) in [7, 11) is -2.12. The molecule has 0 aromatic rings. The zero-order valence-corrected chi connectivity index (χ0v) is 13.5. The molecule has 17 heavy (non-hydrogen) atoms. The van der Waals surface area contributed by atoms with Gasteiger partial charge < -0.3 is 0 Å². The van der Waals surface area contributed by atoms with Crippen molar-refractivity contribution < 1.29 is 0 Å². The Kier molecular flexibility index (Phi) is 5.14. The van der Waals surface area contributed by atoms with E-state index in [9.17, 15) is 0 Å². The molecule has 4 N–H and O–H groups in total. The molecule has 102 valence electrons. The maximum absolute atomic E-state index is 6.34. The Morgan fingerprint density at radius 3 is 1.47 bits per heavy atom. The smallest absolute Gasteiger partial charge is 0.235 e. The summed E-state index contributed by atoms with van der Waals surface area (Å²) < 4.78 is 3.90. The number of nitrogens with zero attached hydrogens (tertiary/aromatic N) is 2. The van der Waals surface area contributed by atoms with Crippen LogP contribution in [0.15, 0.2) is 12.7 Å². The van der Waals surface area contributed by atoms with Crippen molar-refractivity contribution in [1.29, 1.82) is 0 Å². The number of rotatable bonds is 4. The number of hydrogen-bond donors (Lipinski definition) is 2. The fraction of sp³-hybridized carbons (Fsp3) is 0.833. The highest BCUT2D eigenvalue weighted by Crippen LogP contribution is 2.28. The lowest BCUT2D eigenvalue weighted by Crippen LogP contribution is -2.76. The van der Waals surface area contributed by atoms with Gasteiger partial charge in [0.1, 0.15) is 0 Å². The van der Waals surface area contributed by atoms with E-state index < -0.39 is 8.40 Å². The zero-order chi connectivity index (χ0) is 14.1. The normalized spacial score (nSPS) is 14.5. The zero-order valence-electron chi connectivity index (χ0n) is 12.5. The lowest BCUT2D eigenvalue weighted by Gasteiger charge is -2.52. The first kappa shape index (κ1) is 16.8. The fourth-order valence-corrected chi connectivity index (χ4v) is 6.09. The van der Waals surface area contributed by atoms with Gasteiger partial charge in [-0.05, 0) is 54.1 Å². The summed E-state index contributed by atoms with van der Waals surface area (Å²) in [6, 6.07) is 0.842. The van der Waals surface area contributed by atoms with Crippen LogP contribution in [-0.2, 0) is 0 Å². The molecule has 0 atom stereocenters. The molecule has 0 rings (SSSR count). The van der Waals surface area contributed by atoms with Crippen molar-refractivity contribution in [2.24, 2.45) is 11.7 Å². The van der Waals surface area contributed by atoms with Crippen LogP contribution in [0.5, 0.6) is 0 Å². The lowest BCUT2D eigenvalue weighted by molar-refractivity contribution is 0.165. The first-order valence-corrected chi connectivity index (χ1v) is 8.68. The van der Waals surface area contributed by atoms with Gasteiger partial charge in [-0.25, -0.2) is 9.35 Å². The molecule has 0 bridgehead atoms. The van der Waals surface area contributed by atoms with Gasteiger partial charge in [-0.1, -0.05) is 6.08 Å². The molecule has 0 amide bonds. The molecule has 0 aliphatic rings. The molecule has 0 aromatic carbocycles. The van der Waals surface area contributed by atoms with Gasteiger partial charge in [0.2, 0.25) is 8.40 Å². The molecule has 0 heterocycles. The second kappa shape index (κ2) is 5.20. The predicted molar refractivity (Wildman–Crippen MR) is 78.2 cm³/mol. The minimum absolute atomic E-state index is 0.104. The van der Waals surface area contributed by atoms with Gasteiger partial charge in [0.25, 0.3) is 0 Å². The van der Waals surface area contributed by atoms with E-state index in [1.54, 1.807) is 0 Å². The van der Waals surface area contributed by atoms with Crippen LogP contribution < -0.4 is 11.7 Å². The fourth-order valence-electron chi connectivity index (χ4n) is 2.03. The number of hydrazine groups is 2. The quantitative estimate of drug-likeness (QED) is 0.351. The van der Waals surface area contributed by atoms with Gasteiger partial charge >= 0.3 is 0 Å². The van der Waals surface area contributed by atoms with E-state index in [0.717, 1.165) is 6.04 Å². The van der Waals surface area contributed by atoms with Crippen LogP contribution in [0, 0.1) is 0 Å². The lowest BCUT2D eigenvalue weighted by atomic mass is 10.1. The van der Waals surface area contributed by atoms with Gasteiger partial charge in [0, 0.05) is 11.1 Å². The Labute approximate surface area is 108 Å². The summed E-state index contributed by atoms with van der Waals surface area (Å²) in [5.41, 5.74) is -0.209. The van der Waals surface area contributed by atoms with Crippen LogP contribution >= 0.6 is 0 Å². The SMILES string of the molecule is C=CC[Si](C)(N(N)C(C)(C)C)N(N)C(C)(C)C. The predicted octanol–water partition coefficient (Wildman–Crippen LogP) is 2.19. The van der Waals surface area contributed by atoms with Crippen LogP contribution in [0.25, 0.3) is 0 Å². The van der Waals surface area contributed by atoms with Gasteiger partial charge in [0.15, 0.2) is 0 Å². The van der Waals surface area contributed by atoms with E-state index in [4.69, 9.17) is 11.7 Å². The summed E-state index contributed by atoms with van der Waals surface area (Å²) in [6.45, 7) is 18.7. The van der Waals surface area contributed by atoms with Crippen LogP contribution in [0.2, 0.25) is 12.6 Å². The highest BCUT2D eigenvalue weighted by Gasteiger charge is 2.46. The molecule has 0 saturated heterocycles. The molecule has 0 aromatic heterocycles. The Bertz CT molecular complexity index is 245. The highest BCUT2D eigenvalue weighted by molar-refractivity contribution is 6.73. The van der Waals surface area contributed by atoms with Gasteiger partial charge in [-0.3, -0.25) is 11.7 Å². The van der Waals surface area contributed by atoms with E-state index in [1.807, 2.05) is 15.4 Å². The van der Waals surface area contributed by atoms with Crippen molar-refractivity contribution >= 4 is 8.40 Å². The van der Waals surface area contributed by atoms with Crippen LogP contribution in [0.4, 0.5) is 0 Å². The van der Waals surface area contributed by atoms with Crippen molar-refractivity contribution in [3.05, 3.63) is 12.7 Å². The Morgan fingerprint density at radius 1 is 1.00 bits per heavy atom. The molecule has 0 radical (unpaired) electrons. The largest absolute Gasteiger partial charge is 0.273 e. The molecule has 0 fully saturated rings. The molecule has 5 heteroatoms. The molecule has 4 nitrogen and oxygen atoms in total. The van der Waals surface area contributed by atoms with Crippen molar-refractivity contribution in [3.63, 3.8) is 0 Å². The van der Waals surface area contributed by atoms with Crippen LogP contribution in [0.1, 0.15) is 41.5 Å². The first-order valence-electron chi connectivity index (χ1n) is 6.08. The third-order valence-corrected chi connectivity index (χ3v) is 7.49. The summed E-state index contributed by atoms with van der Waals surface area (Å²) in [5, 5.41) is 0. The first-order chi connectivity index (χ1) is 7.37. The Balaban J connectivity index is 5.38. The number of hydrogen-bond acceptors (Lipinski definition) is 4. The minimum Gasteiger partial charge on any atom is -0.273 e. The molecule has 0 saturated carbocycles. The minimum atomic E-state index is -2.12. The molecule has 0 aliphatic carbocycles. The van der Waals surface area contributed by atoms with Crippen molar-refractivity contribution in [1.82, 2.24) is 9.35 Å². The molecule has 0 spiro atoms. The molecule has 0 unspecified atom stereocenters. The van der Waals surface area contributed by atoms with Gasteiger partial charge in [-0.15, -0.1) is 6.58 Å². The second-order valence-electron chi connectivity index (χ2n) is 6.79. The summed E-state index contributed by atoms with van der Waals surface area (Å²) in [5.74, 6) is 12.7. The monoisotopic (exact) mass is 258 g/mol. The highest BCUT2D eigenvalue weighted by atomic mass is 28.3. The number of nitrogens with two attached hydrogens (primary N) is 2. The molecular weight excluding hydrogens is 228 g/mol. The average molecular weight is 258 g/mol. The van der Waals surface area contributed by atoms with E-state index in [-0.39, 0.29) is 11.1 Å². The maximum atomic E-state index is 6.34. The molecular formula is C12H30N4Si. The number of allylic oxidation sites excluding steroid dienone is 1.